The minimum Gasteiger partial charge on any atom is -0.494 e. The van der Waals surface area contributed by atoms with E-state index in [1.807, 2.05) is 60.7 Å². The topological polar surface area (TPSA) is 84.5 Å². The van der Waals surface area contributed by atoms with Crippen LogP contribution in [0.15, 0.2) is 78.9 Å². The maximum Gasteiger partial charge on any atom is 0.229 e. The lowest BCUT2D eigenvalue weighted by Crippen LogP contribution is -2.17. The second-order valence-corrected chi connectivity index (χ2v) is 8.66. The zero-order chi connectivity index (χ0) is 21.6. The van der Waals surface area contributed by atoms with Gasteiger partial charge in [0.1, 0.15) is 5.75 Å². The van der Waals surface area contributed by atoms with Crippen LogP contribution in [0.25, 0.3) is 0 Å². The average Bonchev–Trinajstić information content (AvgIpc) is 2.73. The number of methoxy groups -OCH3 is 1. The summed E-state index contributed by atoms with van der Waals surface area (Å²) in [5.74, 6) is 0.0833. The number of hydrogen-bond donors (Lipinski definition) is 2. The van der Waals surface area contributed by atoms with Crippen molar-refractivity contribution in [3.8, 4) is 5.75 Å². The molecular formula is C23H24N2O4S. The van der Waals surface area contributed by atoms with Gasteiger partial charge in [-0.1, -0.05) is 60.7 Å². The molecule has 0 saturated heterocycles. The smallest absolute Gasteiger partial charge is 0.229 e. The molecule has 3 aromatic carbocycles. The van der Waals surface area contributed by atoms with E-state index in [0.29, 0.717) is 17.1 Å². The molecule has 1 amide bonds. The van der Waals surface area contributed by atoms with Crippen LogP contribution < -0.4 is 14.8 Å². The highest BCUT2D eigenvalue weighted by Gasteiger charge is 2.18. The number of nitrogens with one attached hydrogen (secondary N) is 2. The molecule has 3 rings (SSSR count). The summed E-state index contributed by atoms with van der Waals surface area (Å²) in [5, 5.41) is 2.88. The van der Waals surface area contributed by atoms with Crippen molar-refractivity contribution < 1.29 is 17.9 Å². The van der Waals surface area contributed by atoms with Gasteiger partial charge in [-0.15, -0.1) is 0 Å². The molecule has 0 fully saturated rings. The molecular weight excluding hydrogens is 400 g/mol. The molecule has 0 bridgehead atoms. The van der Waals surface area contributed by atoms with Gasteiger partial charge in [0, 0.05) is 24.1 Å². The summed E-state index contributed by atoms with van der Waals surface area (Å²) in [4.78, 5) is 12.8. The van der Waals surface area contributed by atoms with Gasteiger partial charge in [0.25, 0.3) is 0 Å². The standard InChI is InChI=1S/C23H24N2O4S/c1-29-22-15-19(13-14-21(22)25-30(2,27)28)24-23(26)16-20(17-9-5-3-6-10-17)18-11-7-4-8-12-18/h3-15,20,25H,16H2,1-2H3,(H,24,26). The molecule has 0 radical (unpaired) electrons. The zero-order valence-electron chi connectivity index (χ0n) is 16.8. The van der Waals surface area contributed by atoms with Gasteiger partial charge in [-0.3, -0.25) is 9.52 Å². The summed E-state index contributed by atoms with van der Waals surface area (Å²) < 4.78 is 30.6. The zero-order valence-corrected chi connectivity index (χ0v) is 17.6. The number of rotatable bonds is 8. The molecule has 0 aliphatic carbocycles. The van der Waals surface area contributed by atoms with E-state index < -0.39 is 10.0 Å². The SMILES string of the molecule is COc1cc(NC(=O)CC(c2ccccc2)c2ccccc2)ccc1NS(C)(=O)=O. The van der Waals surface area contributed by atoms with E-state index in [-0.39, 0.29) is 18.2 Å². The number of amides is 1. The van der Waals surface area contributed by atoms with Crippen LogP contribution in [-0.2, 0) is 14.8 Å². The number of hydrogen-bond acceptors (Lipinski definition) is 4. The number of carbonyl (C=O) groups excluding carboxylic acids is 1. The Labute approximate surface area is 177 Å². The molecule has 7 heteroatoms. The van der Waals surface area contributed by atoms with Crippen LogP contribution >= 0.6 is 0 Å². The number of carbonyl (C=O) groups is 1. The molecule has 0 aliphatic heterocycles. The first-order chi connectivity index (χ1) is 14.4. The molecule has 0 aromatic heterocycles. The second-order valence-electron chi connectivity index (χ2n) is 6.92. The highest BCUT2D eigenvalue weighted by atomic mass is 32.2. The largest absolute Gasteiger partial charge is 0.494 e. The first kappa shape index (κ1) is 21.4. The normalized spacial score (nSPS) is 11.2. The van der Waals surface area contributed by atoms with Gasteiger partial charge in [-0.25, -0.2) is 8.42 Å². The summed E-state index contributed by atoms with van der Waals surface area (Å²) in [6.45, 7) is 0. The molecule has 0 heterocycles. The predicted molar refractivity (Wildman–Crippen MR) is 119 cm³/mol. The van der Waals surface area contributed by atoms with Crippen molar-refractivity contribution in [2.45, 2.75) is 12.3 Å². The minimum absolute atomic E-state index is 0.0829. The first-order valence-electron chi connectivity index (χ1n) is 9.41. The summed E-state index contributed by atoms with van der Waals surface area (Å²) in [6, 6.07) is 24.6. The van der Waals surface area contributed by atoms with E-state index in [4.69, 9.17) is 4.74 Å². The van der Waals surface area contributed by atoms with Gasteiger partial charge in [0.05, 0.1) is 19.1 Å². The molecule has 2 N–H and O–H groups in total. The molecule has 156 valence electrons. The number of sulfonamides is 1. The van der Waals surface area contributed by atoms with Crippen LogP contribution in [0.5, 0.6) is 5.75 Å². The van der Waals surface area contributed by atoms with E-state index in [2.05, 4.69) is 10.0 Å². The van der Waals surface area contributed by atoms with Crippen molar-refractivity contribution in [1.29, 1.82) is 0 Å². The van der Waals surface area contributed by atoms with Crippen molar-refractivity contribution in [2.75, 3.05) is 23.4 Å². The van der Waals surface area contributed by atoms with Crippen LogP contribution in [0.2, 0.25) is 0 Å². The van der Waals surface area contributed by atoms with Crippen molar-refractivity contribution in [3.05, 3.63) is 90.0 Å². The fourth-order valence-electron chi connectivity index (χ4n) is 3.25. The van der Waals surface area contributed by atoms with Crippen molar-refractivity contribution in [3.63, 3.8) is 0 Å². The van der Waals surface area contributed by atoms with Gasteiger partial charge < -0.3 is 10.1 Å². The predicted octanol–water partition coefficient (Wildman–Crippen LogP) is 4.23. The van der Waals surface area contributed by atoms with Crippen molar-refractivity contribution in [2.24, 2.45) is 0 Å². The third kappa shape index (κ3) is 5.84. The molecule has 0 spiro atoms. The Hall–Kier alpha value is -3.32. The van der Waals surface area contributed by atoms with E-state index in [1.165, 1.54) is 7.11 Å². The van der Waals surface area contributed by atoms with Crippen molar-refractivity contribution >= 4 is 27.3 Å². The van der Waals surface area contributed by atoms with Gasteiger partial charge >= 0.3 is 0 Å². The third-order valence-corrected chi connectivity index (χ3v) is 5.16. The molecule has 30 heavy (non-hydrogen) atoms. The highest BCUT2D eigenvalue weighted by molar-refractivity contribution is 7.92. The maximum absolute atomic E-state index is 12.8. The third-order valence-electron chi connectivity index (χ3n) is 4.57. The van der Waals surface area contributed by atoms with Crippen molar-refractivity contribution in [1.82, 2.24) is 0 Å². The molecule has 0 atom stereocenters. The Kier molecular flexibility index (Phi) is 6.74. The maximum atomic E-state index is 12.8. The Morgan fingerprint density at radius 1 is 0.933 bits per heavy atom. The molecule has 0 unspecified atom stereocenters. The Morgan fingerprint density at radius 2 is 1.50 bits per heavy atom. The van der Waals surface area contributed by atoms with Gasteiger partial charge in [0.2, 0.25) is 15.9 Å². The van der Waals surface area contributed by atoms with E-state index in [0.717, 1.165) is 17.4 Å². The van der Waals surface area contributed by atoms with Crippen LogP contribution in [0.4, 0.5) is 11.4 Å². The van der Waals surface area contributed by atoms with E-state index in [9.17, 15) is 13.2 Å². The second kappa shape index (κ2) is 9.45. The van der Waals surface area contributed by atoms with E-state index >= 15 is 0 Å². The lowest BCUT2D eigenvalue weighted by Gasteiger charge is -2.18. The number of benzene rings is 3. The average molecular weight is 425 g/mol. The number of ether oxygens (including phenoxy) is 1. The van der Waals surface area contributed by atoms with Crippen LogP contribution in [0.3, 0.4) is 0 Å². The van der Waals surface area contributed by atoms with Crippen LogP contribution in [0, 0.1) is 0 Å². The van der Waals surface area contributed by atoms with Gasteiger partial charge in [0.15, 0.2) is 0 Å². The Balaban J connectivity index is 1.79. The highest BCUT2D eigenvalue weighted by Crippen LogP contribution is 2.31. The summed E-state index contributed by atoms with van der Waals surface area (Å²) in [7, 11) is -2.00. The quantitative estimate of drug-likeness (QED) is 0.567. The lowest BCUT2D eigenvalue weighted by molar-refractivity contribution is -0.116. The molecule has 6 nitrogen and oxygen atoms in total. The first-order valence-corrected chi connectivity index (χ1v) is 11.3. The summed E-state index contributed by atoms with van der Waals surface area (Å²) >= 11 is 0. The Bertz CT molecular complexity index is 1060. The minimum atomic E-state index is -3.44. The molecule has 0 saturated carbocycles. The molecule has 3 aromatic rings. The Morgan fingerprint density at radius 3 is 2.00 bits per heavy atom. The fraction of sp³-hybridized carbons (Fsp3) is 0.174. The lowest BCUT2D eigenvalue weighted by atomic mass is 9.88. The van der Waals surface area contributed by atoms with Gasteiger partial charge in [-0.2, -0.15) is 0 Å². The van der Waals surface area contributed by atoms with Crippen LogP contribution in [-0.4, -0.2) is 27.7 Å². The summed E-state index contributed by atoms with van der Waals surface area (Å²) in [5.41, 5.74) is 2.95. The monoisotopic (exact) mass is 424 g/mol. The summed E-state index contributed by atoms with van der Waals surface area (Å²) in [6.07, 6.45) is 1.33. The van der Waals surface area contributed by atoms with E-state index in [1.54, 1.807) is 18.2 Å². The van der Waals surface area contributed by atoms with Crippen LogP contribution in [0.1, 0.15) is 23.5 Å². The van der Waals surface area contributed by atoms with Gasteiger partial charge in [-0.05, 0) is 23.3 Å². The fourth-order valence-corrected chi connectivity index (χ4v) is 3.82. The molecule has 0 aliphatic rings. The number of anilines is 2.